The number of benzene rings is 3. The Hall–Kier alpha value is -4.32. The van der Waals surface area contributed by atoms with Crippen LogP contribution < -0.4 is 10.2 Å². The SMILES string of the molecule is Cc1ccc(C(=O)N(Cc2cccc(F)c2)c2ccc(CC(=O)NCCc3ccccn3)cc2)cc1. The van der Waals surface area contributed by atoms with E-state index in [0.29, 0.717) is 29.8 Å². The highest BCUT2D eigenvalue weighted by molar-refractivity contribution is 6.06. The normalized spacial score (nSPS) is 10.6. The third-order valence-electron chi connectivity index (χ3n) is 5.82. The zero-order chi connectivity index (χ0) is 25.3. The van der Waals surface area contributed by atoms with Crippen LogP contribution in [0, 0.1) is 12.7 Å². The summed E-state index contributed by atoms with van der Waals surface area (Å²) in [4.78, 5) is 31.7. The van der Waals surface area contributed by atoms with Gasteiger partial charge in [-0.3, -0.25) is 14.6 Å². The van der Waals surface area contributed by atoms with Crippen molar-refractivity contribution in [3.63, 3.8) is 0 Å². The van der Waals surface area contributed by atoms with E-state index in [-0.39, 0.29) is 30.6 Å². The summed E-state index contributed by atoms with van der Waals surface area (Å²) in [6, 6.07) is 26.6. The van der Waals surface area contributed by atoms with Crippen LogP contribution in [0.4, 0.5) is 10.1 Å². The second kappa shape index (κ2) is 11.9. The zero-order valence-corrected chi connectivity index (χ0v) is 20.2. The number of aryl methyl sites for hydroxylation is 1. The van der Waals surface area contributed by atoms with Gasteiger partial charge in [-0.25, -0.2) is 4.39 Å². The van der Waals surface area contributed by atoms with Crippen LogP contribution in [-0.2, 0) is 24.2 Å². The number of amides is 2. The van der Waals surface area contributed by atoms with Gasteiger partial charge in [0.05, 0.1) is 13.0 Å². The molecule has 1 heterocycles. The molecular weight excluding hydrogens is 453 g/mol. The van der Waals surface area contributed by atoms with Gasteiger partial charge < -0.3 is 10.2 Å². The molecule has 4 rings (SSSR count). The number of carbonyl (C=O) groups excluding carboxylic acids is 2. The highest BCUT2D eigenvalue weighted by Gasteiger charge is 2.19. The predicted molar refractivity (Wildman–Crippen MR) is 139 cm³/mol. The Morgan fingerprint density at radius 2 is 1.67 bits per heavy atom. The summed E-state index contributed by atoms with van der Waals surface area (Å²) in [5.74, 6) is -0.607. The number of hydrogen-bond donors (Lipinski definition) is 1. The lowest BCUT2D eigenvalue weighted by molar-refractivity contribution is -0.120. The average Bonchev–Trinajstić information content (AvgIpc) is 2.89. The molecule has 0 aliphatic carbocycles. The summed E-state index contributed by atoms with van der Waals surface area (Å²) in [5.41, 5.74) is 4.73. The first-order valence-corrected chi connectivity index (χ1v) is 11.9. The van der Waals surface area contributed by atoms with Crippen molar-refractivity contribution in [3.05, 3.63) is 131 Å². The third kappa shape index (κ3) is 6.85. The first-order chi connectivity index (χ1) is 17.5. The first-order valence-electron chi connectivity index (χ1n) is 11.9. The minimum Gasteiger partial charge on any atom is -0.355 e. The number of rotatable bonds is 9. The van der Waals surface area contributed by atoms with Gasteiger partial charge in [-0.15, -0.1) is 0 Å². The van der Waals surface area contributed by atoms with E-state index in [0.717, 1.165) is 16.8 Å². The molecule has 2 amide bonds. The van der Waals surface area contributed by atoms with Gasteiger partial charge in [0, 0.05) is 36.1 Å². The predicted octanol–water partition coefficient (Wildman–Crippen LogP) is 5.28. The number of pyridine rings is 1. The van der Waals surface area contributed by atoms with Crippen LogP contribution in [-0.4, -0.2) is 23.3 Å². The number of nitrogens with zero attached hydrogens (tertiary/aromatic N) is 2. The molecule has 6 heteroatoms. The smallest absolute Gasteiger partial charge is 0.258 e. The van der Waals surface area contributed by atoms with Crippen molar-refractivity contribution in [2.75, 3.05) is 11.4 Å². The van der Waals surface area contributed by atoms with Crippen LogP contribution in [0.5, 0.6) is 0 Å². The van der Waals surface area contributed by atoms with Crippen LogP contribution in [0.25, 0.3) is 0 Å². The molecule has 0 spiro atoms. The monoisotopic (exact) mass is 481 g/mol. The van der Waals surface area contributed by atoms with Gasteiger partial charge in [-0.2, -0.15) is 0 Å². The summed E-state index contributed by atoms with van der Waals surface area (Å²) >= 11 is 0. The van der Waals surface area contributed by atoms with Crippen LogP contribution in [0.2, 0.25) is 0 Å². The summed E-state index contributed by atoms with van der Waals surface area (Å²) in [6.07, 6.45) is 2.64. The van der Waals surface area contributed by atoms with Crippen molar-refractivity contribution >= 4 is 17.5 Å². The van der Waals surface area contributed by atoms with Crippen molar-refractivity contribution in [2.45, 2.75) is 26.3 Å². The van der Waals surface area contributed by atoms with E-state index in [1.807, 2.05) is 61.5 Å². The van der Waals surface area contributed by atoms with Crippen LogP contribution in [0.3, 0.4) is 0 Å². The lowest BCUT2D eigenvalue weighted by Gasteiger charge is -2.24. The van der Waals surface area contributed by atoms with E-state index in [4.69, 9.17) is 0 Å². The molecule has 0 aliphatic heterocycles. The maximum absolute atomic E-state index is 13.8. The molecule has 36 heavy (non-hydrogen) atoms. The highest BCUT2D eigenvalue weighted by atomic mass is 19.1. The van der Waals surface area contributed by atoms with E-state index in [9.17, 15) is 14.0 Å². The number of nitrogens with one attached hydrogen (secondary N) is 1. The largest absolute Gasteiger partial charge is 0.355 e. The fourth-order valence-corrected chi connectivity index (χ4v) is 3.87. The standard InChI is InChI=1S/C30H28FN3O2/c1-22-8-12-25(13-9-22)30(36)34(21-24-5-4-6-26(31)19-24)28-14-10-23(11-15-28)20-29(35)33-18-16-27-7-2-3-17-32-27/h2-15,17,19H,16,18,20-21H2,1H3,(H,33,35). The van der Waals surface area contributed by atoms with E-state index < -0.39 is 0 Å². The molecule has 4 aromatic rings. The summed E-state index contributed by atoms with van der Waals surface area (Å²) in [7, 11) is 0. The second-order valence-corrected chi connectivity index (χ2v) is 8.65. The van der Waals surface area contributed by atoms with Crippen LogP contribution >= 0.6 is 0 Å². The quantitative estimate of drug-likeness (QED) is 0.354. The van der Waals surface area contributed by atoms with Crippen molar-refractivity contribution in [2.24, 2.45) is 0 Å². The topological polar surface area (TPSA) is 62.3 Å². The van der Waals surface area contributed by atoms with Crippen molar-refractivity contribution in [1.82, 2.24) is 10.3 Å². The second-order valence-electron chi connectivity index (χ2n) is 8.65. The lowest BCUT2D eigenvalue weighted by Crippen LogP contribution is -2.30. The van der Waals surface area contributed by atoms with Gasteiger partial charge in [0.15, 0.2) is 0 Å². The fraction of sp³-hybridized carbons (Fsp3) is 0.167. The minimum absolute atomic E-state index is 0.0778. The molecule has 0 bridgehead atoms. The summed E-state index contributed by atoms with van der Waals surface area (Å²) < 4.78 is 13.8. The zero-order valence-electron chi connectivity index (χ0n) is 20.2. The molecule has 0 saturated carbocycles. The number of anilines is 1. The van der Waals surface area contributed by atoms with Crippen molar-refractivity contribution < 1.29 is 14.0 Å². The first kappa shape index (κ1) is 24.8. The highest BCUT2D eigenvalue weighted by Crippen LogP contribution is 2.22. The molecule has 0 radical (unpaired) electrons. The van der Waals surface area contributed by atoms with E-state index in [1.54, 1.807) is 35.4 Å². The Morgan fingerprint density at radius 3 is 2.36 bits per heavy atom. The molecule has 182 valence electrons. The molecular formula is C30H28FN3O2. The van der Waals surface area contributed by atoms with Gasteiger partial charge in [0.25, 0.3) is 5.91 Å². The van der Waals surface area contributed by atoms with Gasteiger partial charge in [-0.1, -0.05) is 48.0 Å². The average molecular weight is 482 g/mol. The molecule has 1 N–H and O–H groups in total. The molecule has 0 atom stereocenters. The Balaban J connectivity index is 1.45. The molecule has 3 aromatic carbocycles. The molecule has 5 nitrogen and oxygen atoms in total. The maximum atomic E-state index is 13.8. The number of carbonyl (C=O) groups is 2. The minimum atomic E-state index is -0.348. The lowest BCUT2D eigenvalue weighted by atomic mass is 10.1. The fourth-order valence-electron chi connectivity index (χ4n) is 3.87. The molecule has 0 fully saturated rings. The number of hydrogen-bond acceptors (Lipinski definition) is 3. The molecule has 1 aromatic heterocycles. The number of aromatic nitrogens is 1. The van der Waals surface area contributed by atoms with E-state index >= 15 is 0 Å². The summed E-state index contributed by atoms with van der Waals surface area (Å²) in [5, 5.41) is 2.92. The van der Waals surface area contributed by atoms with Gasteiger partial charge >= 0.3 is 0 Å². The molecule has 0 saturated heterocycles. The third-order valence-corrected chi connectivity index (χ3v) is 5.82. The van der Waals surface area contributed by atoms with E-state index in [1.165, 1.54) is 12.1 Å². The van der Waals surface area contributed by atoms with Crippen molar-refractivity contribution in [1.29, 1.82) is 0 Å². The molecule has 0 unspecified atom stereocenters. The maximum Gasteiger partial charge on any atom is 0.258 e. The number of halogens is 1. The van der Waals surface area contributed by atoms with Gasteiger partial charge in [-0.05, 0) is 66.6 Å². The van der Waals surface area contributed by atoms with E-state index in [2.05, 4.69) is 10.3 Å². The van der Waals surface area contributed by atoms with Crippen LogP contribution in [0.15, 0.2) is 97.2 Å². The Kier molecular flexibility index (Phi) is 8.19. The van der Waals surface area contributed by atoms with Crippen LogP contribution in [0.1, 0.15) is 32.7 Å². The van der Waals surface area contributed by atoms with Gasteiger partial charge in [0.2, 0.25) is 5.91 Å². The molecule has 0 aliphatic rings. The van der Waals surface area contributed by atoms with Crippen molar-refractivity contribution in [3.8, 4) is 0 Å². The van der Waals surface area contributed by atoms with Gasteiger partial charge in [0.1, 0.15) is 5.82 Å². The Bertz CT molecular complexity index is 1310. The Morgan fingerprint density at radius 1 is 0.889 bits per heavy atom. The summed E-state index contributed by atoms with van der Waals surface area (Å²) in [6.45, 7) is 2.70. The Labute approximate surface area is 210 Å².